The van der Waals surface area contributed by atoms with Gasteiger partial charge in [0.2, 0.25) is 5.89 Å². The number of aryl methyl sites for hydroxylation is 2. The maximum atomic E-state index is 5.84. The number of fused-ring (bicyclic) bond motifs is 1. The molecule has 3 aromatic rings. The lowest BCUT2D eigenvalue weighted by atomic mass is 10.2. The average Bonchev–Trinajstić information content (AvgIpc) is 3.19. The van der Waals surface area contributed by atoms with Crippen LogP contribution in [0.15, 0.2) is 15.3 Å². The van der Waals surface area contributed by atoms with Crippen LogP contribution in [0.1, 0.15) is 24.5 Å². The number of hydrogen-bond acceptors (Lipinski definition) is 9. The third-order valence-electron chi connectivity index (χ3n) is 3.94. The molecular weight excluding hydrogens is 312 g/mol. The van der Waals surface area contributed by atoms with Crippen molar-refractivity contribution in [2.75, 3.05) is 24.6 Å². The molecular formula is C15H18N6O3. The Labute approximate surface area is 138 Å². The molecule has 0 amide bonds. The molecule has 24 heavy (non-hydrogen) atoms. The van der Waals surface area contributed by atoms with E-state index in [1.807, 2.05) is 6.92 Å². The van der Waals surface area contributed by atoms with Crippen molar-refractivity contribution in [3.8, 4) is 0 Å². The van der Waals surface area contributed by atoms with Crippen molar-refractivity contribution in [1.29, 1.82) is 0 Å². The maximum Gasteiger partial charge on any atom is 0.252 e. The van der Waals surface area contributed by atoms with Crippen LogP contribution in [0.3, 0.4) is 0 Å². The van der Waals surface area contributed by atoms with Gasteiger partial charge in [-0.15, -0.1) is 0 Å². The van der Waals surface area contributed by atoms with E-state index in [0.717, 1.165) is 18.8 Å². The largest absolute Gasteiger partial charge is 0.422 e. The Kier molecular flexibility index (Phi) is 3.85. The summed E-state index contributed by atoms with van der Waals surface area (Å²) in [6.07, 6.45) is 2.81. The molecule has 1 atom stereocenters. The van der Waals surface area contributed by atoms with E-state index in [1.54, 1.807) is 6.92 Å². The van der Waals surface area contributed by atoms with Crippen molar-refractivity contribution < 1.29 is 13.7 Å². The first-order valence-corrected chi connectivity index (χ1v) is 7.99. The molecule has 0 saturated carbocycles. The average molecular weight is 330 g/mol. The molecule has 1 aliphatic rings. The molecule has 3 aromatic heterocycles. The van der Waals surface area contributed by atoms with Crippen LogP contribution in [0.4, 0.5) is 5.82 Å². The van der Waals surface area contributed by atoms with Gasteiger partial charge in [0.25, 0.3) is 5.71 Å². The summed E-state index contributed by atoms with van der Waals surface area (Å²) >= 11 is 0. The topological polar surface area (TPSA) is 103 Å². The Morgan fingerprint density at radius 1 is 1.29 bits per heavy atom. The number of ether oxygens (including phenoxy) is 1. The lowest BCUT2D eigenvalue weighted by Gasteiger charge is -2.33. The van der Waals surface area contributed by atoms with Crippen LogP contribution < -0.4 is 4.90 Å². The van der Waals surface area contributed by atoms with Crippen LogP contribution in [0.2, 0.25) is 0 Å². The summed E-state index contributed by atoms with van der Waals surface area (Å²) in [6.45, 7) is 5.80. The molecule has 0 radical (unpaired) electrons. The molecule has 9 nitrogen and oxygen atoms in total. The highest BCUT2D eigenvalue weighted by Crippen LogP contribution is 2.24. The highest BCUT2D eigenvalue weighted by atomic mass is 16.5. The van der Waals surface area contributed by atoms with Gasteiger partial charge in [-0.25, -0.2) is 9.97 Å². The lowest BCUT2D eigenvalue weighted by molar-refractivity contribution is 0.0393. The van der Waals surface area contributed by atoms with Crippen LogP contribution in [-0.4, -0.2) is 50.9 Å². The number of aromatic nitrogens is 5. The molecule has 0 aliphatic carbocycles. The first-order valence-electron chi connectivity index (χ1n) is 7.99. The van der Waals surface area contributed by atoms with Crippen molar-refractivity contribution >= 4 is 17.0 Å². The van der Waals surface area contributed by atoms with Crippen molar-refractivity contribution in [3.63, 3.8) is 0 Å². The minimum atomic E-state index is -0.0286. The Balaban J connectivity index is 1.53. The van der Waals surface area contributed by atoms with Gasteiger partial charge in [-0.1, -0.05) is 12.1 Å². The summed E-state index contributed by atoms with van der Waals surface area (Å²) in [6, 6.07) is 0. The van der Waals surface area contributed by atoms with Gasteiger partial charge < -0.3 is 18.6 Å². The predicted octanol–water partition coefficient (Wildman–Crippen LogP) is 1.32. The van der Waals surface area contributed by atoms with E-state index >= 15 is 0 Å². The summed E-state index contributed by atoms with van der Waals surface area (Å²) in [5, 5.41) is 3.99. The SMILES string of the molecule is CCc1nc(C[C@@H]2CN(c3ncnc4oc(C)nc34)CCO2)no1. The summed E-state index contributed by atoms with van der Waals surface area (Å²) in [7, 11) is 0. The molecule has 1 saturated heterocycles. The fourth-order valence-corrected chi connectivity index (χ4v) is 2.83. The molecule has 0 aromatic carbocycles. The molecule has 1 fully saturated rings. The van der Waals surface area contributed by atoms with Crippen molar-refractivity contribution in [2.45, 2.75) is 32.8 Å². The van der Waals surface area contributed by atoms with Crippen LogP contribution >= 0.6 is 0 Å². The van der Waals surface area contributed by atoms with Crippen LogP contribution in [0, 0.1) is 6.92 Å². The number of anilines is 1. The highest BCUT2D eigenvalue weighted by Gasteiger charge is 2.26. The quantitative estimate of drug-likeness (QED) is 0.700. The van der Waals surface area contributed by atoms with E-state index < -0.39 is 0 Å². The van der Waals surface area contributed by atoms with Gasteiger partial charge in [0.1, 0.15) is 6.33 Å². The van der Waals surface area contributed by atoms with Crippen LogP contribution in [-0.2, 0) is 17.6 Å². The molecule has 9 heteroatoms. The molecule has 0 N–H and O–H groups in total. The number of hydrogen-bond donors (Lipinski definition) is 0. The monoisotopic (exact) mass is 330 g/mol. The maximum absolute atomic E-state index is 5.84. The van der Waals surface area contributed by atoms with E-state index in [0.29, 0.717) is 48.4 Å². The number of nitrogens with zero attached hydrogens (tertiary/aromatic N) is 6. The molecule has 0 bridgehead atoms. The predicted molar refractivity (Wildman–Crippen MR) is 83.7 cm³/mol. The van der Waals surface area contributed by atoms with Crippen molar-refractivity contribution in [1.82, 2.24) is 25.1 Å². The van der Waals surface area contributed by atoms with E-state index in [1.165, 1.54) is 6.33 Å². The summed E-state index contributed by atoms with van der Waals surface area (Å²) in [5.41, 5.74) is 1.19. The second-order valence-corrected chi connectivity index (χ2v) is 5.68. The second kappa shape index (κ2) is 6.16. The number of morpholine rings is 1. The van der Waals surface area contributed by atoms with E-state index in [9.17, 15) is 0 Å². The second-order valence-electron chi connectivity index (χ2n) is 5.68. The minimum absolute atomic E-state index is 0.0286. The lowest BCUT2D eigenvalue weighted by Crippen LogP contribution is -2.44. The molecule has 1 aliphatic heterocycles. The van der Waals surface area contributed by atoms with Gasteiger partial charge in [0.15, 0.2) is 23.0 Å². The van der Waals surface area contributed by atoms with Gasteiger partial charge in [0, 0.05) is 32.9 Å². The Morgan fingerprint density at radius 3 is 3.04 bits per heavy atom. The zero-order valence-electron chi connectivity index (χ0n) is 13.6. The van der Waals surface area contributed by atoms with E-state index in [2.05, 4.69) is 30.0 Å². The van der Waals surface area contributed by atoms with Gasteiger partial charge in [-0.2, -0.15) is 9.97 Å². The Bertz CT molecular complexity index is 845. The van der Waals surface area contributed by atoms with E-state index in [-0.39, 0.29) is 6.10 Å². The molecule has 4 heterocycles. The highest BCUT2D eigenvalue weighted by molar-refractivity contribution is 5.81. The number of rotatable bonds is 4. The van der Waals surface area contributed by atoms with Crippen LogP contribution in [0.25, 0.3) is 11.2 Å². The summed E-state index contributed by atoms with van der Waals surface area (Å²) in [5.74, 6) is 2.67. The van der Waals surface area contributed by atoms with E-state index in [4.69, 9.17) is 13.7 Å². The Hall–Kier alpha value is -2.55. The van der Waals surface area contributed by atoms with Crippen LogP contribution in [0.5, 0.6) is 0 Å². The third kappa shape index (κ3) is 2.82. The Morgan fingerprint density at radius 2 is 2.21 bits per heavy atom. The number of oxazole rings is 1. The summed E-state index contributed by atoms with van der Waals surface area (Å²) in [4.78, 5) is 19.4. The van der Waals surface area contributed by atoms with Gasteiger partial charge in [-0.05, 0) is 0 Å². The normalized spacial score (nSPS) is 18.4. The van der Waals surface area contributed by atoms with Crippen molar-refractivity contribution in [2.24, 2.45) is 0 Å². The summed E-state index contributed by atoms with van der Waals surface area (Å²) < 4.78 is 16.5. The first kappa shape index (κ1) is 15.0. The molecule has 0 unspecified atom stereocenters. The first-order chi connectivity index (χ1) is 11.7. The minimum Gasteiger partial charge on any atom is -0.422 e. The van der Waals surface area contributed by atoms with Gasteiger partial charge >= 0.3 is 0 Å². The van der Waals surface area contributed by atoms with Gasteiger partial charge in [0.05, 0.1) is 12.7 Å². The fourth-order valence-electron chi connectivity index (χ4n) is 2.83. The zero-order chi connectivity index (χ0) is 16.5. The van der Waals surface area contributed by atoms with Crippen molar-refractivity contribution in [3.05, 3.63) is 23.9 Å². The smallest absolute Gasteiger partial charge is 0.252 e. The molecule has 0 spiro atoms. The zero-order valence-corrected chi connectivity index (χ0v) is 13.6. The third-order valence-corrected chi connectivity index (χ3v) is 3.94. The van der Waals surface area contributed by atoms with Gasteiger partial charge in [-0.3, -0.25) is 0 Å². The fraction of sp³-hybridized carbons (Fsp3) is 0.533. The molecule has 126 valence electrons. The standard InChI is InChI=1S/C15H18N6O3/c1-3-12-19-11(20-24-12)6-10-7-21(4-5-22-10)14-13-15(17-8-16-14)23-9(2)18-13/h8,10H,3-7H2,1-2H3/t10-/m1/s1. The molecule has 4 rings (SSSR count).